The highest BCUT2D eigenvalue weighted by Crippen LogP contribution is 2.26. The Labute approximate surface area is 140 Å². The summed E-state index contributed by atoms with van der Waals surface area (Å²) in [6, 6.07) is 10.4. The van der Waals surface area contributed by atoms with Crippen LogP contribution in [-0.2, 0) is 11.2 Å². The highest BCUT2D eigenvalue weighted by Gasteiger charge is 2.14. The van der Waals surface area contributed by atoms with Crippen LogP contribution in [0.2, 0.25) is 0 Å². The molecule has 6 nitrogen and oxygen atoms in total. The van der Waals surface area contributed by atoms with Gasteiger partial charge in [0.25, 0.3) is 11.6 Å². The number of nitrogens with one attached hydrogen (secondary N) is 1. The van der Waals surface area contributed by atoms with E-state index in [4.69, 9.17) is 4.74 Å². The smallest absolute Gasteiger partial charge is 0.270 e. The number of benzene rings is 2. The fourth-order valence-corrected chi connectivity index (χ4v) is 2.39. The maximum absolute atomic E-state index is 12.1. The lowest BCUT2D eigenvalue weighted by Crippen LogP contribution is -2.21. The third kappa shape index (κ3) is 4.32. The number of rotatable bonds is 6. The minimum Gasteiger partial charge on any atom is -0.484 e. The molecule has 0 aromatic heterocycles. The highest BCUT2D eigenvalue weighted by atomic mass is 16.6. The molecule has 1 amide bonds. The number of nitrogens with zero attached hydrogens (tertiary/aromatic N) is 1. The molecule has 0 fully saturated rings. The van der Waals surface area contributed by atoms with Crippen LogP contribution in [0.15, 0.2) is 36.4 Å². The number of nitro groups is 1. The predicted octanol–water partition coefficient (Wildman–Crippen LogP) is 3.79. The number of nitro benzene ring substituents is 1. The number of anilines is 1. The molecule has 0 aliphatic carbocycles. The topological polar surface area (TPSA) is 81.5 Å². The Morgan fingerprint density at radius 3 is 2.25 bits per heavy atom. The molecule has 0 saturated carbocycles. The molecule has 2 rings (SSSR count). The number of amides is 1. The summed E-state index contributed by atoms with van der Waals surface area (Å²) in [7, 11) is 0. The summed E-state index contributed by atoms with van der Waals surface area (Å²) in [4.78, 5) is 22.5. The molecule has 0 spiro atoms. The number of hydrogen-bond acceptors (Lipinski definition) is 4. The Kier molecular flexibility index (Phi) is 5.52. The predicted molar refractivity (Wildman–Crippen MR) is 92.5 cm³/mol. The molecule has 1 N–H and O–H groups in total. The number of hydrogen-bond donors (Lipinski definition) is 1. The number of non-ortho nitro benzene ring substituents is 1. The summed E-state index contributed by atoms with van der Waals surface area (Å²) >= 11 is 0. The van der Waals surface area contributed by atoms with E-state index >= 15 is 0 Å². The van der Waals surface area contributed by atoms with E-state index in [1.54, 1.807) is 13.8 Å². The van der Waals surface area contributed by atoms with Gasteiger partial charge in [0.15, 0.2) is 6.61 Å². The molecule has 2 aromatic rings. The molecule has 0 aliphatic rings. The van der Waals surface area contributed by atoms with Crippen LogP contribution in [0.3, 0.4) is 0 Å². The molecule has 0 atom stereocenters. The summed E-state index contributed by atoms with van der Waals surface area (Å²) in [5.74, 6) is 0.314. The van der Waals surface area contributed by atoms with Crippen molar-refractivity contribution in [2.75, 3.05) is 11.9 Å². The van der Waals surface area contributed by atoms with Crippen molar-refractivity contribution >= 4 is 17.3 Å². The van der Waals surface area contributed by atoms with Gasteiger partial charge in [-0.3, -0.25) is 14.9 Å². The van der Waals surface area contributed by atoms with Crippen molar-refractivity contribution in [2.24, 2.45) is 0 Å². The average Bonchev–Trinajstić information content (AvgIpc) is 2.56. The Hall–Kier alpha value is -2.89. The summed E-state index contributed by atoms with van der Waals surface area (Å²) in [5.41, 5.74) is 3.07. The molecule has 0 heterocycles. The first-order valence-corrected chi connectivity index (χ1v) is 7.68. The largest absolute Gasteiger partial charge is 0.484 e. The number of carbonyl (C=O) groups excluding carboxylic acids is 1. The van der Waals surface area contributed by atoms with Gasteiger partial charge in [0.05, 0.1) is 4.92 Å². The van der Waals surface area contributed by atoms with Crippen LogP contribution in [0.4, 0.5) is 11.4 Å². The molecule has 0 bridgehead atoms. The van der Waals surface area contributed by atoms with Crippen molar-refractivity contribution < 1.29 is 14.5 Å². The SMILES string of the molecule is CCc1ccc(OCC(=O)Nc2c(C)cc([N+](=O)[O-])cc2C)cc1. The first kappa shape index (κ1) is 17.5. The molecule has 0 unspecified atom stereocenters. The van der Waals surface area contributed by atoms with Crippen LogP contribution in [0.25, 0.3) is 0 Å². The van der Waals surface area contributed by atoms with Gasteiger partial charge < -0.3 is 10.1 Å². The van der Waals surface area contributed by atoms with Crippen LogP contribution < -0.4 is 10.1 Å². The van der Waals surface area contributed by atoms with Gasteiger partial charge in [-0.1, -0.05) is 19.1 Å². The van der Waals surface area contributed by atoms with Gasteiger partial charge in [-0.15, -0.1) is 0 Å². The Morgan fingerprint density at radius 1 is 1.17 bits per heavy atom. The second-order valence-corrected chi connectivity index (χ2v) is 5.55. The lowest BCUT2D eigenvalue weighted by Gasteiger charge is -2.12. The van der Waals surface area contributed by atoms with Gasteiger partial charge in [-0.2, -0.15) is 0 Å². The van der Waals surface area contributed by atoms with Gasteiger partial charge in [-0.25, -0.2) is 0 Å². The van der Waals surface area contributed by atoms with E-state index in [9.17, 15) is 14.9 Å². The first-order valence-electron chi connectivity index (χ1n) is 7.68. The zero-order chi connectivity index (χ0) is 17.7. The lowest BCUT2D eigenvalue weighted by atomic mass is 10.1. The van der Waals surface area contributed by atoms with Crippen molar-refractivity contribution in [3.63, 3.8) is 0 Å². The second kappa shape index (κ2) is 7.59. The van der Waals surface area contributed by atoms with E-state index < -0.39 is 4.92 Å². The molecule has 126 valence electrons. The van der Waals surface area contributed by atoms with Crippen molar-refractivity contribution in [3.05, 3.63) is 63.2 Å². The summed E-state index contributed by atoms with van der Waals surface area (Å²) in [5, 5.41) is 13.6. The Morgan fingerprint density at radius 2 is 1.75 bits per heavy atom. The highest BCUT2D eigenvalue weighted by molar-refractivity contribution is 5.93. The molecule has 0 radical (unpaired) electrons. The van der Waals surface area contributed by atoms with Crippen LogP contribution >= 0.6 is 0 Å². The molecule has 0 aliphatic heterocycles. The van der Waals surface area contributed by atoms with Gasteiger partial charge in [0.2, 0.25) is 0 Å². The summed E-state index contributed by atoms with van der Waals surface area (Å²) < 4.78 is 5.46. The minimum atomic E-state index is -0.450. The van der Waals surface area contributed by atoms with E-state index in [0.29, 0.717) is 22.6 Å². The van der Waals surface area contributed by atoms with Crippen LogP contribution in [0.5, 0.6) is 5.75 Å². The van der Waals surface area contributed by atoms with E-state index in [2.05, 4.69) is 12.2 Å². The van der Waals surface area contributed by atoms with Crippen molar-refractivity contribution in [1.82, 2.24) is 0 Å². The normalized spacial score (nSPS) is 10.3. The van der Waals surface area contributed by atoms with Gasteiger partial charge >= 0.3 is 0 Å². The number of carbonyl (C=O) groups is 1. The molecule has 6 heteroatoms. The number of aryl methyl sites for hydroxylation is 3. The third-order valence-electron chi connectivity index (χ3n) is 3.69. The molecule has 2 aromatic carbocycles. The summed E-state index contributed by atoms with van der Waals surface area (Å²) in [6.45, 7) is 5.39. The van der Waals surface area contributed by atoms with Crippen LogP contribution in [0.1, 0.15) is 23.6 Å². The van der Waals surface area contributed by atoms with Crippen LogP contribution in [-0.4, -0.2) is 17.4 Å². The first-order chi connectivity index (χ1) is 11.4. The molecule has 24 heavy (non-hydrogen) atoms. The maximum atomic E-state index is 12.1. The van der Waals surface area contributed by atoms with Crippen molar-refractivity contribution in [2.45, 2.75) is 27.2 Å². The fraction of sp³-hybridized carbons (Fsp3) is 0.278. The molecular formula is C18H20N2O4. The standard InChI is InChI=1S/C18H20N2O4/c1-4-14-5-7-16(8-6-14)24-11-17(21)19-18-12(2)9-15(20(22)23)10-13(18)3/h5-10H,4,11H2,1-3H3,(H,19,21). The quantitative estimate of drug-likeness (QED) is 0.646. The summed E-state index contributed by atoms with van der Waals surface area (Å²) in [6.07, 6.45) is 0.944. The van der Waals surface area contributed by atoms with E-state index in [0.717, 1.165) is 6.42 Å². The molecule has 0 saturated heterocycles. The zero-order valence-corrected chi connectivity index (χ0v) is 14.0. The zero-order valence-electron chi connectivity index (χ0n) is 14.0. The van der Waals surface area contributed by atoms with Gasteiger partial charge in [0.1, 0.15) is 5.75 Å². The average molecular weight is 328 g/mol. The Balaban J connectivity index is 2.00. The third-order valence-corrected chi connectivity index (χ3v) is 3.69. The monoisotopic (exact) mass is 328 g/mol. The van der Waals surface area contributed by atoms with E-state index in [1.165, 1.54) is 17.7 Å². The van der Waals surface area contributed by atoms with E-state index in [1.807, 2.05) is 24.3 Å². The lowest BCUT2D eigenvalue weighted by molar-refractivity contribution is -0.384. The van der Waals surface area contributed by atoms with E-state index in [-0.39, 0.29) is 18.2 Å². The minimum absolute atomic E-state index is 0.00950. The Bertz CT molecular complexity index is 731. The van der Waals surface area contributed by atoms with Crippen molar-refractivity contribution in [3.8, 4) is 5.75 Å². The fourth-order valence-electron chi connectivity index (χ4n) is 2.39. The molecular weight excluding hydrogens is 308 g/mol. The number of ether oxygens (including phenoxy) is 1. The maximum Gasteiger partial charge on any atom is 0.270 e. The van der Waals surface area contributed by atoms with Crippen molar-refractivity contribution in [1.29, 1.82) is 0 Å². The van der Waals surface area contributed by atoms with Gasteiger partial charge in [-0.05, 0) is 49.1 Å². The van der Waals surface area contributed by atoms with Crippen LogP contribution in [0, 0.1) is 24.0 Å². The second-order valence-electron chi connectivity index (χ2n) is 5.55. The van der Waals surface area contributed by atoms with Gasteiger partial charge in [0, 0.05) is 17.8 Å².